The Balaban J connectivity index is 2.13. The predicted octanol–water partition coefficient (Wildman–Crippen LogP) is 1.04. The van der Waals surface area contributed by atoms with Crippen LogP contribution in [0.25, 0.3) is 0 Å². The van der Waals surface area contributed by atoms with Gasteiger partial charge in [-0.2, -0.15) is 0 Å². The van der Waals surface area contributed by atoms with Crippen molar-refractivity contribution in [3.8, 4) is 0 Å². The summed E-state index contributed by atoms with van der Waals surface area (Å²) in [5.74, 6) is -0.168. The van der Waals surface area contributed by atoms with Crippen LogP contribution in [0.1, 0.15) is 24.4 Å². The minimum absolute atomic E-state index is 0.0882. The molecule has 0 bridgehead atoms. The molecule has 1 unspecified atom stereocenters. The molecule has 2 rings (SSSR count). The Hall–Kier alpha value is -1.46. The van der Waals surface area contributed by atoms with Gasteiger partial charge < -0.3 is 16.0 Å². The highest BCUT2D eigenvalue weighted by Crippen LogP contribution is 2.23. The van der Waals surface area contributed by atoms with Crippen molar-refractivity contribution < 1.29 is 9.18 Å². The summed E-state index contributed by atoms with van der Waals surface area (Å²) in [5, 5.41) is 3.25. The molecule has 0 aromatic heterocycles. The number of hydrogen-bond acceptors (Lipinski definition) is 3. The third-order valence-corrected chi connectivity index (χ3v) is 3.39. The van der Waals surface area contributed by atoms with Crippen molar-refractivity contribution in [2.24, 2.45) is 5.73 Å². The third-order valence-electron chi connectivity index (χ3n) is 3.39. The number of carbonyl (C=O) groups excluding carboxylic acids is 1. The van der Waals surface area contributed by atoms with E-state index in [1.54, 1.807) is 6.07 Å². The van der Waals surface area contributed by atoms with Crippen LogP contribution in [-0.4, -0.2) is 37.0 Å². The van der Waals surface area contributed by atoms with Crippen molar-refractivity contribution in [2.75, 3.05) is 26.2 Å². The number of piperazine rings is 1. The van der Waals surface area contributed by atoms with Crippen molar-refractivity contribution >= 4 is 5.91 Å². The fourth-order valence-corrected chi connectivity index (χ4v) is 2.41. The zero-order valence-corrected chi connectivity index (χ0v) is 10.9. The SMILES string of the molecule is NCCCC(=O)N1CCNCC1c1cccc(F)c1. The van der Waals surface area contributed by atoms with Crippen molar-refractivity contribution in [1.29, 1.82) is 0 Å². The van der Waals surface area contributed by atoms with E-state index in [2.05, 4.69) is 5.32 Å². The van der Waals surface area contributed by atoms with Crippen LogP contribution in [0.4, 0.5) is 4.39 Å². The molecular formula is C14H20FN3O. The van der Waals surface area contributed by atoms with Gasteiger partial charge in [0, 0.05) is 26.1 Å². The number of nitrogens with zero attached hydrogens (tertiary/aromatic N) is 1. The van der Waals surface area contributed by atoms with E-state index in [4.69, 9.17) is 5.73 Å². The minimum atomic E-state index is -0.266. The zero-order chi connectivity index (χ0) is 13.7. The first kappa shape index (κ1) is 14.0. The second-order valence-electron chi connectivity index (χ2n) is 4.75. The van der Waals surface area contributed by atoms with E-state index in [1.165, 1.54) is 12.1 Å². The summed E-state index contributed by atoms with van der Waals surface area (Å²) < 4.78 is 13.3. The summed E-state index contributed by atoms with van der Waals surface area (Å²) in [7, 11) is 0. The number of hydrogen-bond donors (Lipinski definition) is 2. The molecule has 19 heavy (non-hydrogen) atoms. The lowest BCUT2D eigenvalue weighted by Gasteiger charge is -2.36. The Bertz CT molecular complexity index is 438. The molecule has 1 amide bonds. The van der Waals surface area contributed by atoms with Crippen LogP contribution in [0.3, 0.4) is 0 Å². The van der Waals surface area contributed by atoms with Gasteiger partial charge in [0.1, 0.15) is 5.82 Å². The fourth-order valence-electron chi connectivity index (χ4n) is 2.41. The van der Waals surface area contributed by atoms with E-state index < -0.39 is 0 Å². The van der Waals surface area contributed by atoms with E-state index in [0.29, 0.717) is 32.5 Å². The number of carbonyl (C=O) groups is 1. The standard InChI is InChI=1S/C14H20FN3O/c15-12-4-1-3-11(9-12)13-10-17-7-8-18(13)14(19)5-2-6-16/h1,3-4,9,13,17H,2,5-8,10,16H2. The van der Waals surface area contributed by atoms with Crippen LogP contribution in [0.5, 0.6) is 0 Å². The summed E-state index contributed by atoms with van der Waals surface area (Å²) in [4.78, 5) is 14.0. The van der Waals surface area contributed by atoms with E-state index in [-0.39, 0.29) is 17.8 Å². The van der Waals surface area contributed by atoms with Gasteiger partial charge in [-0.1, -0.05) is 12.1 Å². The Morgan fingerprint density at radius 2 is 2.37 bits per heavy atom. The highest BCUT2D eigenvalue weighted by molar-refractivity contribution is 5.77. The van der Waals surface area contributed by atoms with Gasteiger partial charge in [-0.3, -0.25) is 4.79 Å². The summed E-state index contributed by atoms with van der Waals surface area (Å²) in [5.41, 5.74) is 6.28. The Morgan fingerprint density at radius 1 is 1.53 bits per heavy atom. The van der Waals surface area contributed by atoms with E-state index in [1.807, 2.05) is 11.0 Å². The number of amides is 1. The third kappa shape index (κ3) is 3.52. The van der Waals surface area contributed by atoms with Gasteiger partial charge >= 0.3 is 0 Å². The molecular weight excluding hydrogens is 245 g/mol. The summed E-state index contributed by atoms with van der Waals surface area (Å²) >= 11 is 0. The fraction of sp³-hybridized carbons (Fsp3) is 0.500. The molecule has 0 aliphatic carbocycles. The van der Waals surface area contributed by atoms with Crippen LogP contribution < -0.4 is 11.1 Å². The van der Waals surface area contributed by atoms with Gasteiger partial charge in [-0.05, 0) is 30.7 Å². The van der Waals surface area contributed by atoms with Crippen LogP contribution in [0.2, 0.25) is 0 Å². The van der Waals surface area contributed by atoms with Crippen molar-refractivity contribution in [3.05, 3.63) is 35.6 Å². The normalized spacial score (nSPS) is 19.5. The van der Waals surface area contributed by atoms with Crippen molar-refractivity contribution in [2.45, 2.75) is 18.9 Å². The topological polar surface area (TPSA) is 58.4 Å². The smallest absolute Gasteiger partial charge is 0.223 e. The Kier molecular flexibility index (Phi) is 4.87. The van der Waals surface area contributed by atoms with Crippen LogP contribution in [-0.2, 0) is 4.79 Å². The maximum atomic E-state index is 13.3. The zero-order valence-electron chi connectivity index (χ0n) is 10.9. The molecule has 1 saturated heterocycles. The Labute approximate surface area is 112 Å². The highest BCUT2D eigenvalue weighted by atomic mass is 19.1. The molecule has 3 N–H and O–H groups in total. The largest absolute Gasteiger partial charge is 0.333 e. The monoisotopic (exact) mass is 265 g/mol. The Morgan fingerprint density at radius 3 is 3.11 bits per heavy atom. The maximum Gasteiger partial charge on any atom is 0.223 e. The second-order valence-corrected chi connectivity index (χ2v) is 4.75. The van der Waals surface area contributed by atoms with Gasteiger partial charge in [0.25, 0.3) is 0 Å². The number of nitrogens with two attached hydrogens (primary N) is 1. The second kappa shape index (κ2) is 6.63. The first-order valence-electron chi connectivity index (χ1n) is 6.68. The lowest BCUT2D eigenvalue weighted by atomic mass is 10.0. The average molecular weight is 265 g/mol. The lowest BCUT2D eigenvalue weighted by molar-refractivity contribution is -0.134. The van der Waals surface area contributed by atoms with E-state index >= 15 is 0 Å². The number of benzene rings is 1. The number of halogens is 1. The van der Waals surface area contributed by atoms with E-state index in [9.17, 15) is 9.18 Å². The molecule has 5 heteroatoms. The molecule has 1 fully saturated rings. The van der Waals surface area contributed by atoms with Gasteiger partial charge in [0.2, 0.25) is 5.91 Å². The molecule has 0 spiro atoms. The summed E-state index contributed by atoms with van der Waals surface area (Å²) in [6.45, 7) is 2.62. The number of nitrogens with one attached hydrogen (secondary N) is 1. The van der Waals surface area contributed by atoms with Gasteiger partial charge in [0.05, 0.1) is 6.04 Å². The minimum Gasteiger partial charge on any atom is -0.333 e. The predicted molar refractivity (Wildman–Crippen MR) is 72.0 cm³/mol. The summed E-state index contributed by atoms with van der Waals surface area (Å²) in [6, 6.07) is 6.38. The van der Waals surface area contributed by atoms with Crippen LogP contribution in [0.15, 0.2) is 24.3 Å². The molecule has 1 aromatic carbocycles. The molecule has 104 valence electrons. The first-order valence-corrected chi connectivity index (χ1v) is 6.68. The van der Waals surface area contributed by atoms with Crippen LogP contribution in [0, 0.1) is 5.82 Å². The molecule has 1 atom stereocenters. The maximum absolute atomic E-state index is 13.3. The molecule has 1 heterocycles. The van der Waals surface area contributed by atoms with Crippen molar-refractivity contribution in [3.63, 3.8) is 0 Å². The quantitative estimate of drug-likeness (QED) is 0.855. The van der Waals surface area contributed by atoms with Gasteiger partial charge in [-0.25, -0.2) is 4.39 Å². The first-order chi connectivity index (χ1) is 9.22. The molecule has 4 nitrogen and oxygen atoms in total. The summed E-state index contributed by atoms with van der Waals surface area (Å²) in [6.07, 6.45) is 1.15. The molecule has 0 saturated carbocycles. The highest BCUT2D eigenvalue weighted by Gasteiger charge is 2.27. The average Bonchev–Trinajstić information content (AvgIpc) is 2.45. The molecule has 1 aliphatic heterocycles. The van der Waals surface area contributed by atoms with Crippen molar-refractivity contribution in [1.82, 2.24) is 10.2 Å². The van der Waals surface area contributed by atoms with Gasteiger partial charge in [-0.15, -0.1) is 0 Å². The molecule has 1 aromatic rings. The molecule has 0 radical (unpaired) electrons. The molecule has 1 aliphatic rings. The number of rotatable bonds is 4. The lowest BCUT2D eigenvalue weighted by Crippen LogP contribution is -2.48. The van der Waals surface area contributed by atoms with Crippen LogP contribution >= 0.6 is 0 Å². The van der Waals surface area contributed by atoms with Gasteiger partial charge in [0.15, 0.2) is 0 Å². The van der Waals surface area contributed by atoms with E-state index in [0.717, 1.165) is 12.1 Å².